The zero-order chi connectivity index (χ0) is 19.6. The van der Waals surface area contributed by atoms with Crippen molar-refractivity contribution >= 4 is 5.97 Å². The standard InChI is InChI=1S/C21H34O5/c1-15(2)21-13-11-19(3,23)10-6-7-16(18(22)25-5)8-9-17(26-21)20(4,24)12-14-21/h7,11,13,15,17,23-24H,6,8-10,12,14H2,1-5H3/b13-11-,16-7+/t17-,19+,20-,21-/m0/s1. The average molecular weight is 366 g/mol. The average Bonchev–Trinajstić information content (AvgIpc) is 2.56. The molecule has 4 atom stereocenters. The zero-order valence-corrected chi connectivity index (χ0v) is 16.7. The highest BCUT2D eigenvalue weighted by molar-refractivity contribution is 5.88. The Labute approximate surface area is 157 Å². The van der Waals surface area contributed by atoms with E-state index in [1.807, 2.05) is 18.2 Å². The van der Waals surface area contributed by atoms with Gasteiger partial charge in [-0.2, -0.15) is 0 Å². The summed E-state index contributed by atoms with van der Waals surface area (Å²) < 4.78 is 11.3. The zero-order valence-electron chi connectivity index (χ0n) is 16.7. The fourth-order valence-corrected chi connectivity index (χ4v) is 3.82. The van der Waals surface area contributed by atoms with Gasteiger partial charge in [0.1, 0.15) is 0 Å². The van der Waals surface area contributed by atoms with E-state index in [2.05, 4.69) is 13.8 Å². The van der Waals surface area contributed by atoms with Gasteiger partial charge in [-0.25, -0.2) is 4.79 Å². The van der Waals surface area contributed by atoms with Crippen LogP contribution >= 0.6 is 0 Å². The Balaban J connectivity index is 2.40. The molecule has 5 heteroatoms. The number of hydrogen-bond donors (Lipinski definition) is 2. The van der Waals surface area contributed by atoms with Gasteiger partial charge in [0.25, 0.3) is 0 Å². The normalized spacial score (nSPS) is 42.2. The van der Waals surface area contributed by atoms with Gasteiger partial charge in [0.15, 0.2) is 0 Å². The molecule has 0 spiro atoms. The maximum absolute atomic E-state index is 12.1. The number of aliphatic hydroxyl groups is 2. The SMILES string of the molecule is COC(=O)/C1=C/CC[C@@](C)(O)/C=C\[C@@]2(C(C)C)CC[C@](C)(O)[C@H](CC1)O2. The van der Waals surface area contributed by atoms with E-state index in [9.17, 15) is 15.0 Å². The van der Waals surface area contributed by atoms with Gasteiger partial charge in [-0.05, 0) is 58.3 Å². The summed E-state index contributed by atoms with van der Waals surface area (Å²) in [6.07, 6.45) is 8.69. The van der Waals surface area contributed by atoms with Crippen molar-refractivity contribution in [3.8, 4) is 0 Å². The molecule has 2 rings (SSSR count). The molecule has 2 aliphatic heterocycles. The van der Waals surface area contributed by atoms with Crippen LogP contribution in [0.15, 0.2) is 23.8 Å². The van der Waals surface area contributed by atoms with Crippen LogP contribution in [0, 0.1) is 5.92 Å². The second kappa shape index (κ2) is 7.83. The molecular weight excluding hydrogens is 332 g/mol. The van der Waals surface area contributed by atoms with E-state index >= 15 is 0 Å². The third-order valence-electron chi connectivity index (χ3n) is 5.94. The summed E-state index contributed by atoms with van der Waals surface area (Å²) in [6, 6.07) is 0. The van der Waals surface area contributed by atoms with Crippen molar-refractivity contribution < 1.29 is 24.5 Å². The van der Waals surface area contributed by atoms with Crippen LogP contribution in [0.4, 0.5) is 0 Å². The van der Waals surface area contributed by atoms with Gasteiger partial charge in [-0.3, -0.25) is 0 Å². The lowest BCUT2D eigenvalue weighted by molar-refractivity contribution is -0.210. The summed E-state index contributed by atoms with van der Waals surface area (Å²) >= 11 is 0. The number of carbonyl (C=O) groups is 1. The van der Waals surface area contributed by atoms with Crippen LogP contribution < -0.4 is 0 Å². The van der Waals surface area contributed by atoms with E-state index in [-0.39, 0.29) is 18.0 Å². The summed E-state index contributed by atoms with van der Waals surface area (Å²) in [5.74, 6) is -0.158. The Morgan fingerprint density at radius 2 is 1.92 bits per heavy atom. The molecule has 2 aliphatic rings. The molecule has 0 aromatic carbocycles. The molecule has 26 heavy (non-hydrogen) atoms. The number of methoxy groups -OCH3 is 1. The van der Waals surface area contributed by atoms with Crippen molar-refractivity contribution in [2.75, 3.05) is 7.11 Å². The van der Waals surface area contributed by atoms with Gasteiger partial charge in [-0.1, -0.05) is 32.1 Å². The van der Waals surface area contributed by atoms with Crippen LogP contribution in [0.3, 0.4) is 0 Å². The number of carbonyl (C=O) groups excluding carboxylic acids is 1. The van der Waals surface area contributed by atoms with Gasteiger partial charge in [-0.15, -0.1) is 0 Å². The Bertz CT molecular complexity index is 573. The lowest BCUT2D eigenvalue weighted by Crippen LogP contribution is -2.55. The Morgan fingerprint density at radius 1 is 1.23 bits per heavy atom. The molecule has 2 N–H and O–H groups in total. The highest BCUT2D eigenvalue weighted by atomic mass is 16.5. The highest BCUT2D eigenvalue weighted by Gasteiger charge is 2.47. The summed E-state index contributed by atoms with van der Waals surface area (Å²) in [5.41, 5.74) is -1.88. The van der Waals surface area contributed by atoms with Gasteiger partial charge in [0.2, 0.25) is 0 Å². The summed E-state index contributed by atoms with van der Waals surface area (Å²) in [4.78, 5) is 12.1. The molecule has 2 heterocycles. The molecule has 0 saturated carbocycles. The molecular formula is C21H34O5. The van der Waals surface area contributed by atoms with E-state index in [1.54, 1.807) is 13.8 Å². The van der Waals surface area contributed by atoms with Crippen molar-refractivity contribution in [3.63, 3.8) is 0 Å². The number of hydrogen-bond acceptors (Lipinski definition) is 5. The molecule has 0 aliphatic carbocycles. The van der Waals surface area contributed by atoms with Gasteiger partial charge in [0.05, 0.1) is 30.0 Å². The minimum atomic E-state index is -0.988. The molecule has 5 nitrogen and oxygen atoms in total. The van der Waals surface area contributed by atoms with Crippen molar-refractivity contribution in [2.24, 2.45) is 5.92 Å². The molecule has 0 aromatic heterocycles. The van der Waals surface area contributed by atoms with Crippen molar-refractivity contribution in [1.82, 2.24) is 0 Å². The van der Waals surface area contributed by atoms with E-state index in [0.717, 1.165) is 0 Å². The monoisotopic (exact) mass is 366 g/mol. The van der Waals surface area contributed by atoms with Gasteiger partial charge in [0, 0.05) is 5.57 Å². The third kappa shape index (κ3) is 4.76. The summed E-state index contributed by atoms with van der Waals surface area (Å²) in [7, 11) is 1.37. The van der Waals surface area contributed by atoms with Crippen molar-refractivity contribution in [2.45, 2.75) is 89.1 Å². The second-order valence-electron chi connectivity index (χ2n) is 8.56. The molecule has 1 fully saturated rings. The topological polar surface area (TPSA) is 76.0 Å². The predicted octanol–water partition coefficient (Wildman–Crippen LogP) is 3.29. The fraction of sp³-hybridized carbons (Fsp3) is 0.762. The first-order chi connectivity index (χ1) is 12.0. The van der Waals surface area contributed by atoms with Gasteiger partial charge < -0.3 is 19.7 Å². The number of allylic oxidation sites excluding steroid dienone is 1. The first-order valence-corrected chi connectivity index (χ1v) is 9.62. The molecule has 2 bridgehead atoms. The van der Waals surface area contributed by atoms with E-state index in [4.69, 9.17) is 9.47 Å². The number of rotatable bonds is 2. The summed E-state index contributed by atoms with van der Waals surface area (Å²) in [5, 5.41) is 21.5. The van der Waals surface area contributed by atoms with Crippen LogP contribution in [-0.2, 0) is 14.3 Å². The Hall–Kier alpha value is -1.17. The molecule has 0 amide bonds. The number of fused-ring (bicyclic) bond motifs is 2. The summed E-state index contributed by atoms with van der Waals surface area (Å²) in [6.45, 7) is 7.77. The predicted molar refractivity (Wildman–Crippen MR) is 101 cm³/mol. The Morgan fingerprint density at radius 3 is 2.54 bits per heavy atom. The van der Waals surface area contributed by atoms with Crippen LogP contribution in [0.5, 0.6) is 0 Å². The number of esters is 1. The Kier molecular flexibility index (Phi) is 6.36. The maximum Gasteiger partial charge on any atom is 0.333 e. The fourth-order valence-electron chi connectivity index (χ4n) is 3.82. The highest BCUT2D eigenvalue weighted by Crippen LogP contribution is 2.43. The molecule has 0 aromatic rings. The van der Waals surface area contributed by atoms with Crippen LogP contribution in [0.25, 0.3) is 0 Å². The smallest absolute Gasteiger partial charge is 0.333 e. The lowest BCUT2D eigenvalue weighted by Gasteiger charge is -2.49. The maximum atomic E-state index is 12.1. The quantitative estimate of drug-likeness (QED) is 0.579. The first kappa shape index (κ1) is 21.1. The first-order valence-electron chi connectivity index (χ1n) is 9.62. The van der Waals surface area contributed by atoms with Crippen LogP contribution in [-0.4, -0.2) is 46.2 Å². The lowest BCUT2D eigenvalue weighted by atomic mass is 9.75. The molecule has 1 saturated heterocycles. The van der Waals surface area contributed by atoms with Gasteiger partial charge >= 0.3 is 5.97 Å². The van der Waals surface area contributed by atoms with E-state index in [1.165, 1.54) is 7.11 Å². The van der Waals surface area contributed by atoms with Crippen LogP contribution in [0.1, 0.15) is 66.2 Å². The molecule has 0 radical (unpaired) electrons. The van der Waals surface area contributed by atoms with E-state index < -0.39 is 16.8 Å². The second-order valence-corrected chi connectivity index (χ2v) is 8.56. The van der Waals surface area contributed by atoms with Crippen molar-refractivity contribution in [1.29, 1.82) is 0 Å². The van der Waals surface area contributed by atoms with Crippen LogP contribution in [0.2, 0.25) is 0 Å². The third-order valence-corrected chi connectivity index (χ3v) is 5.94. The largest absolute Gasteiger partial charge is 0.466 e. The minimum Gasteiger partial charge on any atom is -0.466 e. The number of ether oxygens (including phenoxy) is 2. The molecule has 148 valence electrons. The van der Waals surface area contributed by atoms with Crippen molar-refractivity contribution in [3.05, 3.63) is 23.8 Å². The molecule has 0 unspecified atom stereocenters. The van der Waals surface area contributed by atoms with E-state index in [0.29, 0.717) is 44.1 Å². The minimum absolute atomic E-state index is 0.201.